The molecule has 0 fully saturated rings. The quantitative estimate of drug-likeness (QED) is 0.0777. The van der Waals surface area contributed by atoms with Gasteiger partial charge >= 0.3 is 0 Å². The van der Waals surface area contributed by atoms with Crippen LogP contribution in [0.25, 0.3) is 0 Å². The molecule has 248 valence electrons. The number of aryl methyl sites for hydroxylation is 1. The predicted octanol–water partition coefficient (Wildman–Crippen LogP) is 14.1. The van der Waals surface area contributed by atoms with Crippen LogP contribution in [0.4, 0.5) is 0 Å². The fraction of sp³-hybridized carbons (Fsp3) is 0.644. The number of hydrogen-bond acceptors (Lipinski definition) is 0. The molecule has 0 spiro atoms. The van der Waals surface area contributed by atoms with E-state index in [-0.39, 0.29) is 5.92 Å². The van der Waals surface area contributed by atoms with Crippen molar-refractivity contribution in [2.24, 2.45) is 0 Å². The highest BCUT2D eigenvalue weighted by atomic mass is 14.2. The molecule has 2 rings (SSSR count). The molecule has 0 nitrogen and oxygen atoms in total. The molecule has 2 aromatic rings. The molecule has 0 aliphatic heterocycles. The molecule has 0 aliphatic rings. The van der Waals surface area contributed by atoms with Gasteiger partial charge in [0.2, 0.25) is 0 Å². The van der Waals surface area contributed by atoms with Crippen LogP contribution in [-0.4, -0.2) is 0 Å². The molecule has 0 N–H and O–H groups in total. The first-order valence-corrected chi connectivity index (χ1v) is 19.4. The Bertz CT molecular complexity index is 1080. The van der Waals surface area contributed by atoms with E-state index in [1.165, 1.54) is 158 Å². The zero-order valence-corrected chi connectivity index (χ0v) is 29.9. The van der Waals surface area contributed by atoms with Gasteiger partial charge in [-0.1, -0.05) is 197 Å². The summed E-state index contributed by atoms with van der Waals surface area (Å²) in [7, 11) is 0. The van der Waals surface area contributed by atoms with Gasteiger partial charge in [0.05, 0.1) is 5.92 Å². The van der Waals surface area contributed by atoms with Crippen molar-refractivity contribution in [3.63, 3.8) is 0 Å². The van der Waals surface area contributed by atoms with Gasteiger partial charge in [0.1, 0.15) is 0 Å². The molecule has 1 unspecified atom stereocenters. The number of unbranched alkanes of at least 4 members (excludes halogenated alkanes) is 21. The summed E-state index contributed by atoms with van der Waals surface area (Å²) in [5.41, 5.74) is 5.31. The van der Waals surface area contributed by atoms with Gasteiger partial charge < -0.3 is 0 Å². The molecule has 0 saturated carbocycles. The fourth-order valence-corrected chi connectivity index (χ4v) is 6.27. The van der Waals surface area contributed by atoms with Crippen LogP contribution in [0.1, 0.15) is 203 Å². The van der Waals surface area contributed by atoms with Crippen molar-refractivity contribution in [3.05, 3.63) is 70.8 Å². The van der Waals surface area contributed by atoms with E-state index in [1.54, 1.807) is 0 Å². The van der Waals surface area contributed by atoms with Crippen molar-refractivity contribution >= 4 is 0 Å². The zero-order chi connectivity index (χ0) is 32.0. The minimum Gasteiger partial charge on any atom is -0.102 e. The van der Waals surface area contributed by atoms with Gasteiger partial charge in [0.15, 0.2) is 0 Å². The average Bonchev–Trinajstić information content (AvgIpc) is 3.07. The van der Waals surface area contributed by atoms with E-state index in [9.17, 15) is 0 Å². The summed E-state index contributed by atoms with van der Waals surface area (Å²) in [4.78, 5) is 0. The van der Waals surface area contributed by atoms with Gasteiger partial charge in [0.25, 0.3) is 0 Å². The third kappa shape index (κ3) is 19.0. The lowest BCUT2D eigenvalue weighted by molar-refractivity contribution is 0.545. The summed E-state index contributed by atoms with van der Waals surface area (Å²) in [5, 5.41) is 0. The summed E-state index contributed by atoms with van der Waals surface area (Å²) in [6, 6.07) is 18.1. The first-order valence-electron chi connectivity index (χ1n) is 19.4. The molecule has 0 heterocycles. The van der Waals surface area contributed by atoms with Crippen LogP contribution in [0, 0.1) is 23.7 Å². The Hall–Kier alpha value is -2.44. The Labute approximate surface area is 281 Å². The van der Waals surface area contributed by atoms with Crippen LogP contribution in [0.15, 0.2) is 48.5 Å². The number of rotatable bonds is 25. The summed E-state index contributed by atoms with van der Waals surface area (Å²) in [6.45, 7) is 6.86. The van der Waals surface area contributed by atoms with Crippen molar-refractivity contribution in [1.29, 1.82) is 0 Å². The van der Waals surface area contributed by atoms with Gasteiger partial charge in [-0.05, 0) is 54.5 Å². The Morgan fingerprint density at radius 2 is 0.933 bits per heavy atom. The molecule has 2 aromatic carbocycles. The smallest absolute Gasteiger partial charge is 0.0704 e. The summed E-state index contributed by atoms with van der Waals surface area (Å²) >= 11 is 0. The van der Waals surface area contributed by atoms with E-state index < -0.39 is 0 Å². The highest BCUT2D eigenvalue weighted by molar-refractivity contribution is 5.46. The lowest BCUT2D eigenvalue weighted by Crippen LogP contribution is -2.03. The third-order valence-corrected chi connectivity index (χ3v) is 9.20. The monoisotopic (exact) mass is 609 g/mol. The van der Waals surface area contributed by atoms with Crippen molar-refractivity contribution in [2.45, 2.75) is 187 Å². The van der Waals surface area contributed by atoms with E-state index in [4.69, 9.17) is 0 Å². The second-order valence-corrected chi connectivity index (χ2v) is 13.3. The van der Waals surface area contributed by atoms with Gasteiger partial charge in [-0.2, -0.15) is 0 Å². The lowest BCUT2D eigenvalue weighted by atomic mass is 9.86. The van der Waals surface area contributed by atoms with Gasteiger partial charge in [-0.3, -0.25) is 0 Å². The Kier molecular flexibility index (Phi) is 24.0. The zero-order valence-electron chi connectivity index (χ0n) is 29.9. The number of hydrogen-bond donors (Lipinski definition) is 0. The average molecular weight is 609 g/mol. The van der Waals surface area contributed by atoms with Crippen LogP contribution < -0.4 is 0 Å². The van der Waals surface area contributed by atoms with Gasteiger partial charge in [-0.25, -0.2) is 0 Å². The third-order valence-electron chi connectivity index (χ3n) is 9.20. The molecule has 0 heteroatoms. The highest BCUT2D eigenvalue weighted by Crippen LogP contribution is 2.29. The molecule has 0 amide bonds. The largest absolute Gasteiger partial charge is 0.102 e. The molecule has 1 atom stereocenters. The van der Waals surface area contributed by atoms with E-state index in [0.717, 1.165) is 24.8 Å². The van der Waals surface area contributed by atoms with Crippen molar-refractivity contribution in [3.8, 4) is 23.7 Å². The molecule has 0 bridgehead atoms. The molecular weight excluding hydrogens is 540 g/mol. The second kappa shape index (κ2) is 27.8. The SMILES string of the molecule is CCCCCCC#CC(c1ccc(C#CCCCCCCCCCCCCCC)cc1)c1ccccc1CCCCCCCC. The van der Waals surface area contributed by atoms with Crippen molar-refractivity contribution < 1.29 is 0 Å². The van der Waals surface area contributed by atoms with Crippen molar-refractivity contribution in [2.75, 3.05) is 0 Å². The Morgan fingerprint density at radius 1 is 0.467 bits per heavy atom. The molecule has 0 aliphatic carbocycles. The van der Waals surface area contributed by atoms with E-state index in [0.29, 0.717) is 0 Å². The number of benzene rings is 2. The highest BCUT2D eigenvalue weighted by Gasteiger charge is 2.15. The molecule has 45 heavy (non-hydrogen) atoms. The van der Waals surface area contributed by atoms with Crippen LogP contribution in [0.3, 0.4) is 0 Å². The fourth-order valence-electron chi connectivity index (χ4n) is 6.27. The maximum Gasteiger partial charge on any atom is 0.0704 e. The van der Waals surface area contributed by atoms with Crippen LogP contribution in [0.2, 0.25) is 0 Å². The summed E-state index contributed by atoms with van der Waals surface area (Å²) in [5.74, 6) is 14.3. The van der Waals surface area contributed by atoms with Crippen LogP contribution in [0.5, 0.6) is 0 Å². The minimum absolute atomic E-state index is 0.135. The van der Waals surface area contributed by atoms with Gasteiger partial charge in [0, 0.05) is 18.4 Å². The van der Waals surface area contributed by atoms with Gasteiger partial charge in [-0.15, -0.1) is 5.92 Å². The standard InChI is InChI=1S/C45H68/c1-4-7-10-13-16-17-18-19-20-21-22-23-24-27-32-41-37-39-43(40-38-41)45(35-29-26-15-12-9-6-3)44-36-31-30-34-42(44)33-28-25-14-11-8-5-2/h30-31,34,36-40,45H,4-26,28,33H2,1-3H3. The Balaban J connectivity index is 1.89. The maximum atomic E-state index is 3.72. The predicted molar refractivity (Wildman–Crippen MR) is 201 cm³/mol. The molecular formula is C45H68. The van der Waals surface area contributed by atoms with E-state index in [1.807, 2.05) is 0 Å². The molecule has 0 aromatic heterocycles. The topological polar surface area (TPSA) is 0 Å². The first kappa shape index (κ1) is 38.7. The molecule has 0 saturated heterocycles. The van der Waals surface area contributed by atoms with Crippen LogP contribution in [-0.2, 0) is 6.42 Å². The summed E-state index contributed by atoms with van der Waals surface area (Å²) < 4.78 is 0. The minimum atomic E-state index is 0.135. The molecule has 0 radical (unpaired) electrons. The summed E-state index contributed by atoms with van der Waals surface area (Å²) in [6.07, 6.45) is 32.9. The maximum absolute atomic E-state index is 3.72. The van der Waals surface area contributed by atoms with Crippen LogP contribution >= 0.6 is 0 Å². The normalized spacial score (nSPS) is 11.4. The second-order valence-electron chi connectivity index (χ2n) is 13.3. The van der Waals surface area contributed by atoms with Crippen molar-refractivity contribution in [1.82, 2.24) is 0 Å². The van der Waals surface area contributed by atoms with E-state index in [2.05, 4.69) is 93.0 Å². The first-order chi connectivity index (χ1) is 22.3. The Morgan fingerprint density at radius 3 is 1.51 bits per heavy atom. The lowest BCUT2D eigenvalue weighted by Gasteiger charge is -2.17. The van der Waals surface area contributed by atoms with E-state index >= 15 is 0 Å².